The Bertz CT molecular complexity index is 1640. The summed E-state index contributed by atoms with van der Waals surface area (Å²) in [6, 6.07) is 13.1. The lowest BCUT2D eigenvalue weighted by Crippen LogP contribution is -2.58. The molecule has 2 N–H and O–H groups in total. The number of aliphatic hydroxyl groups is 1. The highest BCUT2D eigenvalue weighted by molar-refractivity contribution is 9.11. The quantitative estimate of drug-likeness (QED) is 0.338. The highest BCUT2D eigenvalue weighted by Gasteiger charge is 2.75. The number of allylic oxidation sites excluding steroid dienone is 1. The van der Waals surface area contributed by atoms with Gasteiger partial charge in [0.25, 0.3) is 5.91 Å². The van der Waals surface area contributed by atoms with E-state index < -0.39 is 72.2 Å². The third-order valence-electron chi connectivity index (χ3n) is 9.44. The van der Waals surface area contributed by atoms with Crippen LogP contribution >= 0.6 is 27.5 Å². The van der Waals surface area contributed by atoms with E-state index in [1.54, 1.807) is 73.7 Å². The molecular formula is C35H37BrClN3O8. The molecule has 4 heterocycles. The Balaban J connectivity index is 1.50. The van der Waals surface area contributed by atoms with Crippen molar-refractivity contribution in [1.82, 2.24) is 10.2 Å². The summed E-state index contributed by atoms with van der Waals surface area (Å²) < 4.78 is 18.8. The van der Waals surface area contributed by atoms with Crippen molar-refractivity contribution in [2.45, 2.75) is 55.7 Å². The lowest BCUT2D eigenvalue weighted by Gasteiger charge is -2.38. The third kappa shape index (κ3) is 5.98. The molecule has 0 radical (unpaired) electrons. The van der Waals surface area contributed by atoms with Crippen LogP contribution in [0.4, 0.5) is 5.69 Å². The number of cyclic esters (lactones) is 1. The zero-order valence-electron chi connectivity index (χ0n) is 26.5. The summed E-state index contributed by atoms with van der Waals surface area (Å²) in [6.07, 6.45) is 3.88. The minimum absolute atomic E-state index is 0.0417. The number of hydrogen-bond acceptors (Lipinski definition) is 8. The largest absolute Gasteiger partial charge is 0.455 e. The number of likely N-dealkylation sites (tertiary alicyclic amines) is 1. The Morgan fingerprint density at radius 1 is 1.06 bits per heavy atom. The number of rotatable bonds is 6. The van der Waals surface area contributed by atoms with Crippen LogP contribution in [0.3, 0.4) is 0 Å². The molecule has 13 heteroatoms. The van der Waals surface area contributed by atoms with E-state index in [1.165, 1.54) is 16.9 Å². The molecule has 11 nitrogen and oxygen atoms in total. The van der Waals surface area contributed by atoms with E-state index in [0.29, 0.717) is 27.2 Å². The Kier molecular flexibility index (Phi) is 10.1. The second kappa shape index (κ2) is 14.1. The Morgan fingerprint density at radius 2 is 1.79 bits per heavy atom. The number of amides is 3. The maximum Gasteiger partial charge on any atom is 0.313 e. The summed E-state index contributed by atoms with van der Waals surface area (Å²) in [7, 11) is 1.49. The standard InChI is InChI=1S/C35H37BrClN3O8/c1-20(18-41)40-31-33(44)39(25-14-9-8-13-23(25)37)16-10-4-7-15-26(42)38-24(19-46-2)29(21-11-5-3-6-12-21)47-34(45)27-28(32(40)43)35(31)17-22(36)30(27)48-35/h3-6,8-14,17,20,24,27-31,41H,7,15-16,18-19H2,1-2H3,(H,38,42)/b10-4-/t20-,24+,27-,28+,29+,30-,31-,35+/m1/s1. The number of nitrogens with one attached hydrogen (secondary N) is 1. The number of hydrogen-bond donors (Lipinski definition) is 2. The smallest absolute Gasteiger partial charge is 0.313 e. The molecule has 5 bridgehead atoms. The average molecular weight is 743 g/mol. The molecule has 1 spiro atoms. The highest BCUT2D eigenvalue weighted by Crippen LogP contribution is 2.59. The van der Waals surface area contributed by atoms with Crippen LogP contribution in [0.5, 0.6) is 0 Å². The average Bonchev–Trinajstić information content (AvgIpc) is 3.68. The fourth-order valence-corrected chi connectivity index (χ4v) is 8.27. The van der Waals surface area contributed by atoms with Crippen molar-refractivity contribution < 1.29 is 38.5 Å². The van der Waals surface area contributed by atoms with Gasteiger partial charge in [0.15, 0.2) is 0 Å². The fourth-order valence-electron chi connectivity index (χ4n) is 7.30. The van der Waals surface area contributed by atoms with E-state index in [9.17, 15) is 24.3 Å². The molecule has 8 atom stereocenters. The van der Waals surface area contributed by atoms with Crippen LogP contribution in [0.2, 0.25) is 5.02 Å². The molecule has 48 heavy (non-hydrogen) atoms. The van der Waals surface area contributed by atoms with Gasteiger partial charge in [-0.05, 0) is 37.1 Å². The molecule has 2 aromatic rings. The molecule has 254 valence electrons. The van der Waals surface area contributed by atoms with E-state index in [4.69, 9.17) is 25.8 Å². The number of anilines is 1. The van der Waals surface area contributed by atoms with Crippen LogP contribution in [0.1, 0.15) is 31.4 Å². The van der Waals surface area contributed by atoms with Crippen LogP contribution in [-0.2, 0) is 33.4 Å². The SMILES string of the molecule is COC[C@@H]1NC(=O)CC/C=C\CN(c2ccccc2Cl)C(=O)[C@H]2N([C@H](C)CO)C(=O)[C@@H]3[C@@H](C(=O)O[C@H]1c1ccccc1)[C@@H]1O[C@@]32C=C1Br. The number of fused-ring (bicyclic) bond motifs is 2. The summed E-state index contributed by atoms with van der Waals surface area (Å²) in [5, 5.41) is 13.6. The van der Waals surface area contributed by atoms with Gasteiger partial charge in [-0.15, -0.1) is 0 Å². The summed E-state index contributed by atoms with van der Waals surface area (Å²) in [4.78, 5) is 59.8. The fraction of sp³-hybridized carbons (Fsp3) is 0.429. The van der Waals surface area contributed by atoms with E-state index in [0.717, 1.165) is 0 Å². The van der Waals surface area contributed by atoms with Gasteiger partial charge in [-0.25, -0.2) is 0 Å². The maximum atomic E-state index is 14.9. The molecule has 4 aliphatic heterocycles. The minimum atomic E-state index is -1.55. The van der Waals surface area contributed by atoms with Crippen molar-refractivity contribution in [2.75, 3.05) is 31.8 Å². The molecule has 2 fully saturated rings. The summed E-state index contributed by atoms with van der Waals surface area (Å²) in [5.41, 5.74) is -0.520. The van der Waals surface area contributed by atoms with Gasteiger partial charge in [-0.2, -0.15) is 0 Å². The number of ether oxygens (including phenoxy) is 3. The molecule has 2 aromatic carbocycles. The van der Waals surface area contributed by atoms with Crippen LogP contribution in [0.15, 0.2) is 77.3 Å². The van der Waals surface area contributed by atoms with Gasteiger partial charge in [0.1, 0.15) is 29.8 Å². The van der Waals surface area contributed by atoms with Gasteiger partial charge in [-0.3, -0.25) is 19.2 Å². The van der Waals surface area contributed by atoms with Crippen LogP contribution in [0, 0.1) is 11.8 Å². The molecule has 2 saturated heterocycles. The molecule has 0 saturated carbocycles. The molecular weight excluding hydrogens is 706 g/mol. The number of carbonyl (C=O) groups is 4. The number of carbonyl (C=O) groups excluding carboxylic acids is 4. The third-order valence-corrected chi connectivity index (χ3v) is 10.4. The Hall–Kier alpha value is -3.55. The zero-order valence-corrected chi connectivity index (χ0v) is 28.8. The number of para-hydroxylation sites is 1. The molecule has 3 amide bonds. The second-order valence-corrected chi connectivity index (χ2v) is 13.7. The van der Waals surface area contributed by atoms with Crippen molar-refractivity contribution in [1.29, 1.82) is 0 Å². The monoisotopic (exact) mass is 741 g/mol. The minimum Gasteiger partial charge on any atom is -0.455 e. The van der Waals surface area contributed by atoms with Gasteiger partial charge in [0, 0.05) is 24.6 Å². The van der Waals surface area contributed by atoms with Gasteiger partial charge in [0.2, 0.25) is 11.8 Å². The molecule has 0 aliphatic carbocycles. The molecule has 4 aliphatic rings. The van der Waals surface area contributed by atoms with E-state index >= 15 is 0 Å². The summed E-state index contributed by atoms with van der Waals surface area (Å²) in [5.74, 6) is -4.29. The summed E-state index contributed by atoms with van der Waals surface area (Å²) >= 11 is 10.2. The predicted octanol–water partition coefficient (Wildman–Crippen LogP) is 3.69. The van der Waals surface area contributed by atoms with Crippen molar-refractivity contribution in [3.8, 4) is 0 Å². The first-order valence-corrected chi connectivity index (χ1v) is 17.0. The molecule has 0 aromatic heterocycles. The molecule has 0 unspecified atom stereocenters. The summed E-state index contributed by atoms with van der Waals surface area (Å²) in [6.45, 7) is 1.32. The van der Waals surface area contributed by atoms with Crippen LogP contribution in [0.25, 0.3) is 0 Å². The van der Waals surface area contributed by atoms with Gasteiger partial charge >= 0.3 is 5.97 Å². The first-order valence-electron chi connectivity index (χ1n) is 15.9. The first kappa shape index (κ1) is 34.3. The van der Waals surface area contributed by atoms with Crippen molar-refractivity contribution in [3.63, 3.8) is 0 Å². The topological polar surface area (TPSA) is 135 Å². The van der Waals surface area contributed by atoms with Crippen LogP contribution < -0.4 is 10.2 Å². The lowest BCUT2D eigenvalue weighted by molar-refractivity contribution is -0.162. The Morgan fingerprint density at radius 3 is 2.50 bits per heavy atom. The number of esters is 1. The number of methoxy groups -OCH3 is 1. The molecule has 6 rings (SSSR count). The number of benzene rings is 2. The second-order valence-electron chi connectivity index (χ2n) is 12.4. The number of nitrogens with zero attached hydrogens (tertiary/aromatic N) is 2. The Labute approximate surface area is 292 Å². The number of halogens is 2. The van der Waals surface area contributed by atoms with Crippen LogP contribution in [-0.4, -0.2) is 90.4 Å². The highest BCUT2D eigenvalue weighted by atomic mass is 79.9. The van der Waals surface area contributed by atoms with Crippen molar-refractivity contribution in [2.24, 2.45) is 11.8 Å². The maximum absolute atomic E-state index is 14.9. The normalized spacial score (nSPS) is 32.1. The van der Waals surface area contributed by atoms with Gasteiger partial charge in [-0.1, -0.05) is 82.1 Å². The number of aliphatic hydroxyl groups excluding tert-OH is 1. The lowest BCUT2D eigenvalue weighted by atomic mass is 9.74. The van der Waals surface area contributed by atoms with Crippen molar-refractivity contribution >= 4 is 56.9 Å². The van der Waals surface area contributed by atoms with Gasteiger partial charge < -0.3 is 34.4 Å². The predicted molar refractivity (Wildman–Crippen MR) is 180 cm³/mol. The van der Waals surface area contributed by atoms with E-state index in [2.05, 4.69) is 21.2 Å². The van der Waals surface area contributed by atoms with E-state index in [1.807, 2.05) is 6.07 Å². The van der Waals surface area contributed by atoms with Gasteiger partial charge in [0.05, 0.1) is 41.9 Å². The first-order chi connectivity index (χ1) is 23.1. The van der Waals surface area contributed by atoms with Crippen molar-refractivity contribution in [3.05, 3.63) is 87.9 Å². The van der Waals surface area contributed by atoms with E-state index in [-0.39, 0.29) is 25.5 Å². The zero-order chi connectivity index (χ0) is 34.2.